The second-order valence-corrected chi connectivity index (χ2v) is 6.00. The summed E-state index contributed by atoms with van der Waals surface area (Å²) in [6.45, 7) is 5.58. The van der Waals surface area contributed by atoms with Crippen molar-refractivity contribution in [1.82, 2.24) is 10.2 Å². The molecule has 0 bridgehead atoms. The van der Waals surface area contributed by atoms with Crippen molar-refractivity contribution in [3.8, 4) is 0 Å². The van der Waals surface area contributed by atoms with Crippen LogP contribution in [0.3, 0.4) is 0 Å². The summed E-state index contributed by atoms with van der Waals surface area (Å²) in [7, 11) is 1.58. The van der Waals surface area contributed by atoms with Gasteiger partial charge in [-0.2, -0.15) is 13.2 Å². The lowest BCUT2D eigenvalue weighted by atomic mass is 10.00. The predicted molar refractivity (Wildman–Crippen MR) is 104 cm³/mol. The molecule has 1 aliphatic heterocycles. The zero-order chi connectivity index (χ0) is 17.7. The number of morpholine rings is 1. The van der Waals surface area contributed by atoms with Crippen molar-refractivity contribution < 1.29 is 17.9 Å². The number of nitrogens with zero attached hydrogens (tertiary/aromatic N) is 2. The topological polar surface area (TPSA) is 36.9 Å². The van der Waals surface area contributed by atoms with E-state index in [1.807, 2.05) is 24.8 Å². The van der Waals surface area contributed by atoms with E-state index in [-0.39, 0.29) is 36.6 Å². The molecular formula is C17H25F3IN3O. The Morgan fingerprint density at radius 2 is 2.08 bits per heavy atom. The molecule has 1 unspecified atom stereocenters. The maximum absolute atomic E-state index is 12.3. The highest BCUT2D eigenvalue weighted by atomic mass is 127. The lowest BCUT2D eigenvalue weighted by molar-refractivity contribution is -0.132. The third-order valence-corrected chi connectivity index (χ3v) is 4.04. The average Bonchev–Trinajstić information content (AvgIpc) is 2.50. The molecule has 25 heavy (non-hydrogen) atoms. The van der Waals surface area contributed by atoms with Gasteiger partial charge in [-0.05, 0) is 25.0 Å². The van der Waals surface area contributed by atoms with Crippen molar-refractivity contribution >= 4 is 29.9 Å². The second kappa shape index (κ2) is 9.61. The molecule has 1 saturated heterocycles. The van der Waals surface area contributed by atoms with Gasteiger partial charge in [-0.25, -0.2) is 0 Å². The van der Waals surface area contributed by atoms with Crippen LogP contribution in [0.25, 0.3) is 0 Å². The fraction of sp³-hybridized carbons (Fsp3) is 0.588. The van der Waals surface area contributed by atoms with Crippen molar-refractivity contribution in [2.24, 2.45) is 4.99 Å². The summed E-state index contributed by atoms with van der Waals surface area (Å²) in [4.78, 5) is 6.05. The van der Waals surface area contributed by atoms with Crippen LogP contribution in [0.2, 0.25) is 0 Å². The van der Waals surface area contributed by atoms with E-state index in [0.717, 1.165) is 11.1 Å². The summed E-state index contributed by atoms with van der Waals surface area (Å²) >= 11 is 0. The van der Waals surface area contributed by atoms with Crippen LogP contribution in [0.15, 0.2) is 23.2 Å². The zero-order valence-corrected chi connectivity index (χ0v) is 17.0. The van der Waals surface area contributed by atoms with Crippen molar-refractivity contribution in [2.45, 2.75) is 32.5 Å². The Morgan fingerprint density at radius 3 is 2.68 bits per heavy atom. The highest BCUT2D eigenvalue weighted by Crippen LogP contribution is 2.26. The van der Waals surface area contributed by atoms with E-state index in [2.05, 4.69) is 22.4 Å². The molecule has 1 aliphatic rings. The van der Waals surface area contributed by atoms with E-state index >= 15 is 0 Å². The van der Waals surface area contributed by atoms with Crippen LogP contribution in [-0.4, -0.2) is 50.3 Å². The van der Waals surface area contributed by atoms with Gasteiger partial charge in [0.05, 0.1) is 19.6 Å². The molecule has 4 nitrogen and oxygen atoms in total. The normalized spacial score (nSPS) is 18.7. The van der Waals surface area contributed by atoms with Gasteiger partial charge in [0.15, 0.2) is 5.96 Å². The van der Waals surface area contributed by atoms with Crippen LogP contribution < -0.4 is 5.32 Å². The summed E-state index contributed by atoms with van der Waals surface area (Å²) in [6, 6.07) is 6.20. The summed E-state index contributed by atoms with van der Waals surface area (Å²) in [5, 5.41) is 2.79. The Labute approximate surface area is 163 Å². The molecule has 142 valence electrons. The molecule has 1 aromatic rings. The molecule has 0 saturated carbocycles. The van der Waals surface area contributed by atoms with Crippen molar-refractivity contribution in [3.63, 3.8) is 0 Å². The molecule has 1 fully saturated rings. The first-order valence-corrected chi connectivity index (χ1v) is 8.01. The van der Waals surface area contributed by atoms with E-state index < -0.39 is 12.6 Å². The quantitative estimate of drug-likeness (QED) is 0.414. The van der Waals surface area contributed by atoms with Crippen LogP contribution in [0.4, 0.5) is 13.2 Å². The first kappa shape index (κ1) is 22.0. The van der Waals surface area contributed by atoms with Gasteiger partial charge in [0.2, 0.25) is 0 Å². The number of aliphatic imine (C=N–C) groups is 1. The Kier molecular flexibility index (Phi) is 8.46. The van der Waals surface area contributed by atoms with Crippen LogP contribution in [-0.2, 0) is 4.74 Å². The standard InChI is InChI=1S/C17H24F3N3O.HI/c1-12-4-5-14(13(2)10-12)15-11-23(8-9-24-15)16(21-3)22-7-6-17(18,19)20;/h4-5,10,15H,6-9,11H2,1-3H3,(H,21,22);1H. The summed E-state index contributed by atoms with van der Waals surface area (Å²) < 4.78 is 42.8. The smallest absolute Gasteiger partial charge is 0.370 e. The number of nitrogens with one attached hydrogen (secondary N) is 1. The van der Waals surface area contributed by atoms with Gasteiger partial charge in [0, 0.05) is 20.1 Å². The number of hydrogen-bond acceptors (Lipinski definition) is 2. The van der Waals surface area contributed by atoms with E-state index in [9.17, 15) is 13.2 Å². The highest BCUT2D eigenvalue weighted by molar-refractivity contribution is 14.0. The number of guanidine groups is 1. The monoisotopic (exact) mass is 471 g/mol. The first-order chi connectivity index (χ1) is 11.3. The average molecular weight is 471 g/mol. The van der Waals surface area contributed by atoms with Crippen LogP contribution >= 0.6 is 24.0 Å². The Bertz CT molecular complexity index is 593. The SMILES string of the molecule is CN=C(NCCC(F)(F)F)N1CCOC(c2ccc(C)cc2C)C1.I. The number of ether oxygens (including phenoxy) is 1. The fourth-order valence-electron chi connectivity index (χ4n) is 2.87. The van der Waals surface area contributed by atoms with Gasteiger partial charge in [0.25, 0.3) is 0 Å². The van der Waals surface area contributed by atoms with Crippen LogP contribution in [0.1, 0.15) is 29.2 Å². The number of aryl methyl sites for hydroxylation is 2. The third kappa shape index (κ3) is 6.65. The van der Waals surface area contributed by atoms with Crippen LogP contribution in [0, 0.1) is 13.8 Å². The lowest BCUT2D eigenvalue weighted by Crippen LogP contribution is -2.48. The van der Waals surface area contributed by atoms with Gasteiger partial charge in [-0.3, -0.25) is 4.99 Å². The molecule has 1 atom stereocenters. The van der Waals surface area contributed by atoms with Gasteiger partial charge in [0.1, 0.15) is 6.10 Å². The Hall–Kier alpha value is -1.03. The molecule has 0 spiro atoms. The molecule has 1 N–H and O–H groups in total. The van der Waals surface area contributed by atoms with Gasteiger partial charge in [-0.1, -0.05) is 23.8 Å². The first-order valence-electron chi connectivity index (χ1n) is 8.01. The molecule has 1 heterocycles. The third-order valence-electron chi connectivity index (χ3n) is 4.04. The van der Waals surface area contributed by atoms with E-state index in [4.69, 9.17) is 4.74 Å². The fourth-order valence-corrected chi connectivity index (χ4v) is 2.87. The van der Waals surface area contributed by atoms with Gasteiger partial charge >= 0.3 is 6.18 Å². The van der Waals surface area contributed by atoms with E-state index in [1.165, 1.54) is 5.56 Å². The van der Waals surface area contributed by atoms with Gasteiger partial charge < -0.3 is 15.0 Å². The van der Waals surface area contributed by atoms with Gasteiger partial charge in [-0.15, -0.1) is 24.0 Å². The number of benzene rings is 1. The maximum Gasteiger partial charge on any atom is 0.390 e. The molecule has 2 rings (SSSR count). The van der Waals surface area contributed by atoms with Crippen molar-refractivity contribution in [1.29, 1.82) is 0 Å². The van der Waals surface area contributed by atoms with Crippen LogP contribution in [0.5, 0.6) is 0 Å². The van der Waals surface area contributed by atoms with E-state index in [0.29, 0.717) is 25.7 Å². The minimum Gasteiger partial charge on any atom is -0.370 e. The van der Waals surface area contributed by atoms with E-state index in [1.54, 1.807) is 7.05 Å². The molecule has 1 aromatic carbocycles. The largest absolute Gasteiger partial charge is 0.390 e. The molecule has 8 heteroatoms. The zero-order valence-electron chi connectivity index (χ0n) is 14.7. The minimum absolute atomic E-state index is 0. The molecule has 0 radical (unpaired) electrons. The molecule has 0 aromatic heterocycles. The predicted octanol–water partition coefficient (Wildman–Crippen LogP) is 3.82. The minimum atomic E-state index is -4.17. The Balaban J connectivity index is 0.00000312. The molecular weight excluding hydrogens is 446 g/mol. The number of alkyl halides is 3. The Morgan fingerprint density at radius 1 is 1.36 bits per heavy atom. The number of halogens is 4. The summed E-state index contributed by atoms with van der Waals surface area (Å²) in [5.74, 6) is 0.484. The summed E-state index contributed by atoms with van der Waals surface area (Å²) in [6.07, 6.45) is -5.16. The second-order valence-electron chi connectivity index (χ2n) is 6.00. The lowest BCUT2D eigenvalue weighted by Gasteiger charge is -2.36. The summed E-state index contributed by atoms with van der Waals surface area (Å²) in [5.41, 5.74) is 3.45. The number of rotatable bonds is 3. The molecule has 0 aliphatic carbocycles. The van der Waals surface area contributed by atoms with Crippen molar-refractivity contribution in [2.75, 3.05) is 33.3 Å². The van der Waals surface area contributed by atoms with Crippen molar-refractivity contribution in [3.05, 3.63) is 34.9 Å². The highest BCUT2D eigenvalue weighted by Gasteiger charge is 2.28. The maximum atomic E-state index is 12.3. The molecule has 0 amide bonds. The number of hydrogen-bond donors (Lipinski definition) is 1.